The smallest absolute Gasteiger partial charge is 0.308 e. The fraction of sp³-hybridized carbons (Fsp3) is 0.143. The van der Waals surface area contributed by atoms with Gasteiger partial charge in [-0.05, 0) is 18.2 Å². The Morgan fingerprint density at radius 2 is 1.71 bits per heavy atom. The Morgan fingerprint density at radius 1 is 1.17 bits per heavy atom. The van der Waals surface area contributed by atoms with Crippen LogP contribution >= 0.6 is 23.2 Å². The van der Waals surface area contributed by atoms with E-state index in [9.17, 15) is 17.8 Å². The molecule has 7 nitrogen and oxygen atoms in total. The van der Waals surface area contributed by atoms with Gasteiger partial charge >= 0.3 is 5.91 Å². The Bertz CT molecular complexity index is 800. The molecule has 2 aromatic rings. The van der Waals surface area contributed by atoms with Crippen LogP contribution in [-0.2, 0) is 14.6 Å². The van der Waals surface area contributed by atoms with Crippen molar-refractivity contribution < 1.29 is 26.6 Å². The Balaban J connectivity index is 0.000000413. The van der Waals surface area contributed by atoms with Crippen LogP contribution in [0.2, 0.25) is 10.0 Å². The number of carbonyl (C=O) groups is 1. The lowest BCUT2D eigenvalue weighted by atomic mass is 10.2. The first-order valence-corrected chi connectivity index (χ1v) is 8.45. The summed E-state index contributed by atoms with van der Waals surface area (Å²) >= 11 is 11.7. The van der Waals surface area contributed by atoms with Crippen molar-refractivity contribution in [2.75, 3.05) is 19.2 Å². The number of nitrogens with zero attached hydrogens (tertiary/aromatic N) is 2. The second-order valence-corrected chi connectivity index (χ2v) is 6.25. The molecule has 24 heavy (non-hydrogen) atoms. The molecule has 0 saturated carbocycles. The van der Waals surface area contributed by atoms with Gasteiger partial charge in [0.25, 0.3) is 0 Å². The van der Waals surface area contributed by atoms with Crippen molar-refractivity contribution in [3.05, 3.63) is 64.4 Å². The van der Waals surface area contributed by atoms with Gasteiger partial charge in [0, 0.05) is 17.7 Å². The Labute approximate surface area is 149 Å². The highest BCUT2D eigenvalue weighted by Crippen LogP contribution is 2.22. The quantitative estimate of drug-likeness (QED) is 0.451. The molecule has 0 aliphatic rings. The number of hydrogen-bond donors (Lipinski definition) is 0. The number of hydrogen-bond acceptors (Lipinski definition) is 5. The van der Waals surface area contributed by atoms with Gasteiger partial charge in [0.2, 0.25) is 10.4 Å². The lowest BCUT2D eigenvalue weighted by molar-refractivity contribution is -0.679. The molecule has 2 rings (SSSR count). The second kappa shape index (κ2) is 8.95. The molecule has 0 aliphatic heterocycles. The molecule has 0 fully saturated rings. The summed E-state index contributed by atoms with van der Waals surface area (Å²) in [7, 11) is -1.92. The predicted octanol–water partition coefficient (Wildman–Crippen LogP) is 1.78. The number of aromatic nitrogens is 1. The van der Waals surface area contributed by atoms with Crippen molar-refractivity contribution >= 4 is 39.5 Å². The van der Waals surface area contributed by atoms with E-state index >= 15 is 0 Å². The summed E-state index contributed by atoms with van der Waals surface area (Å²) in [6, 6.07) is 10.4. The summed E-state index contributed by atoms with van der Waals surface area (Å²) in [6.07, 6.45) is 3.57. The highest BCUT2D eigenvalue weighted by atomic mass is 35.5. The molecule has 0 N–H and O–H groups in total. The van der Waals surface area contributed by atoms with Crippen molar-refractivity contribution in [3.63, 3.8) is 0 Å². The number of amides is 1. The third-order valence-electron chi connectivity index (χ3n) is 2.71. The van der Waals surface area contributed by atoms with Crippen LogP contribution in [0.15, 0.2) is 48.8 Å². The fourth-order valence-electron chi connectivity index (χ4n) is 1.51. The van der Waals surface area contributed by atoms with Crippen molar-refractivity contribution in [2.45, 2.75) is 0 Å². The van der Waals surface area contributed by atoms with Gasteiger partial charge in [0.05, 0.1) is 24.2 Å². The number of rotatable bonds is 3. The van der Waals surface area contributed by atoms with Gasteiger partial charge < -0.3 is 4.55 Å². The van der Waals surface area contributed by atoms with Gasteiger partial charge in [-0.1, -0.05) is 33.9 Å². The van der Waals surface area contributed by atoms with E-state index in [4.69, 9.17) is 23.2 Å². The molecule has 1 aromatic carbocycles. The number of pyridine rings is 1. The van der Waals surface area contributed by atoms with Crippen LogP contribution in [0.3, 0.4) is 0 Å². The summed E-state index contributed by atoms with van der Waals surface area (Å²) in [4.78, 5) is 12.2. The second-order valence-electron chi connectivity index (χ2n) is 4.29. The van der Waals surface area contributed by atoms with E-state index in [0.717, 1.165) is 7.11 Å². The van der Waals surface area contributed by atoms with Crippen LogP contribution < -0.4 is 9.69 Å². The highest BCUT2D eigenvalue weighted by molar-refractivity contribution is 7.80. The van der Waals surface area contributed by atoms with E-state index in [1.807, 2.05) is 18.2 Å². The first kappa shape index (κ1) is 20.3. The van der Waals surface area contributed by atoms with E-state index in [1.165, 1.54) is 5.01 Å². The average molecular weight is 393 g/mol. The summed E-state index contributed by atoms with van der Waals surface area (Å²) in [5.74, 6) is -0.162. The molecule has 0 radical (unpaired) electrons. The van der Waals surface area contributed by atoms with Crippen LogP contribution in [-0.4, -0.2) is 33.0 Å². The Morgan fingerprint density at radius 3 is 2.17 bits per heavy atom. The molecule has 1 amide bonds. The van der Waals surface area contributed by atoms with Crippen LogP contribution in [0.25, 0.3) is 0 Å². The number of halogens is 2. The molecular formula is C14H14Cl2N2O5S. The zero-order valence-electron chi connectivity index (χ0n) is 12.7. The van der Waals surface area contributed by atoms with Crippen molar-refractivity contribution in [2.24, 2.45) is 0 Å². The van der Waals surface area contributed by atoms with E-state index in [1.54, 1.807) is 42.3 Å². The topological polar surface area (TPSA) is 90.6 Å². The maximum Gasteiger partial charge on any atom is 0.308 e. The molecule has 1 heterocycles. The Hall–Kier alpha value is -1.71. The zero-order chi connectivity index (χ0) is 18.3. The summed E-state index contributed by atoms with van der Waals surface area (Å²) in [5.41, 5.74) is 0.489. The molecular weight excluding hydrogens is 379 g/mol. The van der Waals surface area contributed by atoms with Gasteiger partial charge in [-0.15, -0.1) is 5.01 Å². The van der Waals surface area contributed by atoms with Crippen molar-refractivity contribution in [1.29, 1.82) is 0 Å². The summed E-state index contributed by atoms with van der Waals surface area (Å²) < 4.78 is 32.7. The largest absolute Gasteiger partial charge is 0.726 e. The minimum atomic E-state index is -4.41. The minimum absolute atomic E-state index is 0.162. The minimum Gasteiger partial charge on any atom is -0.726 e. The standard InChI is InChI=1S/C13H11Cl2N2O.CH4O4S/c1-16(17-7-3-2-4-8-17)13(18)10-5-6-11(14)12(15)9-10;1-5-6(2,3)4/h2-9H,1H3;1H3,(H,2,3,4)/q+1;/p-1. The zero-order valence-corrected chi connectivity index (χ0v) is 15.0. The Kier molecular flexibility index (Phi) is 7.59. The number of benzene rings is 1. The molecule has 0 unspecified atom stereocenters. The molecule has 0 saturated heterocycles. The fourth-order valence-corrected chi connectivity index (χ4v) is 1.81. The SMILES string of the molecule is CN(C(=O)c1ccc(Cl)c(Cl)c1)[n+]1ccccc1.COS(=O)(=O)[O-]. The molecule has 0 aliphatic carbocycles. The first-order valence-electron chi connectivity index (χ1n) is 6.37. The maximum atomic E-state index is 12.2. The van der Waals surface area contributed by atoms with E-state index in [0.29, 0.717) is 15.6 Å². The molecule has 0 bridgehead atoms. The summed E-state index contributed by atoms with van der Waals surface area (Å²) in [5, 5.41) is 2.29. The van der Waals surface area contributed by atoms with Gasteiger partial charge in [-0.3, -0.25) is 8.98 Å². The molecule has 0 spiro atoms. The molecule has 130 valence electrons. The summed E-state index contributed by atoms with van der Waals surface area (Å²) in [6.45, 7) is 0. The lowest BCUT2D eigenvalue weighted by Gasteiger charge is -2.10. The molecule has 10 heteroatoms. The van der Waals surface area contributed by atoms with Crippen molar-refractivity contribution in [1.82, 2.24) is 0 Å². The van der Waals surface area contributed by atoms with Gasteiger partial charge in [0.1, 0.15) is 0 Å². The van der Waals surface area contributed by atoms with Crippen LogP contribution in [0.1, 0.15) is 10.4 Å². The van der Waals surface area contributed by atoms with Gasteiger partial charge in [-0.25, -0.2) is 8.42 Å². The van der Waals surface area contributed by atoms with Gasteiger partial charge in [0.15, 0.2) is 12.4 Å². The van der Waals surface area contributed by atoms with Crippen molar-refractivity contribution in [3.8, 4) is 0 Å². The monoisotopic (exact) mass is 392 g/mol. The van der Waals surface area contributed by atoms with Crippen LogP contribution in [0.5, 0.6) is 0 Å². The third-order valence-corrected chi connectivity index (χ3v) is 3.86. The normalized spacial score (nSPS) is 10.5. The van der Waals surface area contributed by atoms with Crippen LogP contribution in [0.4, 0.5) is 0 Å². The average Bonchev–Trinajstić information content (AvgIpc) is 2.56. The van der Waals surface area contributed by atoms with Crippen LogP contribution in [0, 0.1) is 0 Å². The highest BCUT2D eigenvalue weighted by Gasteiger charge is 2.19. The molecule has 1 aromatic heterocycles. The number of carbonyl (C=O) groups excluding carboxylic acids is 1. The third kappa shape index (κ3) is 6.42. The molecule has 0 atom stereocenters. The van der Waals surface area contributed by atoms with E-state index in [2.05, 4.69) is 4.18 Å². The van der Waals surface area contributed by atoms with E-state index in [-0.39, 0.29) is 5.91 Å². The van der Waals surface area contributed by atoms with Gasteiger partial charge in [-0.2, -0.15) is 0 Å². The first-order chi connectivity index (χ1) is 11.2. The van der Waals surface area contributed by atoms with E-state index < -0.39 is 10.4 Å². The maximum absolute atomic E-state index is 12.2. The lowest BCUT2D eigenvalue weighted by Crippen LogP contribution is -2.57. The predicted molar refractivity (Wildman–Crippen MR) is 88.3 cm³/mol.